The second-order valence-corrected chi connectivity index (χ2v) is 5.05. The van der Waals surface area contributed by atoms with E-state index in [2.05, 4.69) is 5.32 Å². The lowest BCUT2D eigenvalue weighted by Crippen LogP contribution is -2.37. The molecule has 0 radical (unpaired) electrons. The largest absolute Gasteiger partial charge is 0.448 e. The van der Waals surface area contributed by atoms with Crippen molar-refractivity contribution in [3.05, 3.63) is 69.8 Å². The summed E-state index contributed by atoms with van der Waals surface area (Å²) in [6.45, 7) is 0. The van der Waals surface area contributed by atoms with E-state index in [1.807, 2.05) is 0 Å². The number of nitro groups is 1. The normalized spacial score (nSPS) is 16.2. The van der Waals surface area contributed by atoms with Gasteiger partial charge >= 0.3 is 5.97 Å². The number of carbonyl (C=O) groups excluding carboxylic acids is 2. The Morgan fingerprint density at radius 2 is 1.87 bits per heavy atom. The Hall–Kier alpha value is -3.22. The lowest BCUT2D eigenvalue weighted by molar-refractivity contribution is -0.384. The van der Waals surface area contributed by atoms with Crippen LogP contribution >= 0.6 is 0 Å². The predicted molar refractivity (Wildman–Crippen MR) is 81.1 cm³/mol. The highest BCUT2D eigenvalue weighted by Crippen LogP contribution is 2.22. The van der Waals surface area contributed by atoms with Crippen LogP contribution in [0.2, 0.25) is 0 Å². The number of hydrogen-bond acceptors (Lipinski definition) is 5. The number of nitro benzene ring substituents is 1. The fraction of sp³-hybridized carbons (Fsp3) is 0.125. The summed E-state index contributed by atoms with van der Waals surface area (Å²) >= 11 is 0. The van der Waals surface area contributed by atoms with Crippen molar-refractivity contribution in [2.24, 2.45) is 0 Å². The second kappa shape index (κ2) is 5.88. The van der Waals surface area contributed by atoms with Crippen LogP contribution in [0.4, 0.5) is 11.4 Å². The molecule has 7 nitrogen and oxygen atoms in total. The first kappa shape index (κ1) is 14.7. The van der Waals surface area contributed by atoms with Crippen molar-refractivity contribution >= 4 is 23.3 Å². The molecule has 116 valence electrons. The summed E-state index contributed by atoms with van der Waals surface area (Å²) in [6.07, 6.45) is -0.631. The van der Waals surface area contributed by atoms with Crippen molar-refractivity contribution in [3.63, 3.8) is 0 Å². The lowest BCUT2D eigenvalue weighted by Gasteiger charge is -2.23. The van der Waals surface area contributed by atoms with Crippen molar-refractivity contribution in [2.75, 3.05) is 5.32 Å². The highest BCUT2D eigenvalue weighted by Gasteiger charge is 2.31. The monoisotopic (exact) mass is 312 g/mol. The summed E-state index contributed by atoms with van der Waals surface area (Å²) < 4.78 is 5.15. The molecule has 0 fully saturated rings. The van der Waals surface area contributed by atoms with Crippen molar-refractivity contribution < 1.29 is 19.2 Å². The molecule has 23 heavy (non-hydrogen) atoms. The number of nitrogens with one attached hydrogen (secondary N) is 1. The summed E-state index contributed by atoms with van der Waals surface area (Å²) in [5.41, 5.74) is 1.55. The lowest BCUT2D eigenvalue weighted by atomic mass is 9.98. The number of non-ortho nitro benzene ring substituents is 1. The van der Waals surface area contributed by atoms with E-state index in [0.717, 1.165) is 5.56 Å². The zero-order chi connectivity index (χ0) is 16.4. The molecule has 2 aromatic carbocycles. The van der Waals surface area contributed by atoms with Crippen LogP contribution < -0.4 is 5.32 Å². The zero-order valence-corrected chi connectivity index (χ0v) is 11.9. The molecule has 7 heteroatoms. The first-order chi connectivity index (χ1) is 11.0. The minimum absolute atomic E-state index is 0.0685. The average Bonchev–Trinajstić information content (AvgIpc) is 2.55. The third kappa shape index (κ3) is 3.03. The minimum atomic E-state index is -0.924. The average molecular weight is 312 g/mol. The Bertz CT molecular complexity index is 785. The van der Waals surface area contributed by atoms with Crippen LogP contribution in [0.5, 0.6) is 0 Å². The number of fused-ring (bicyclic) bond motifs is 1. The molecule has 1 aliphatic rings. The van der Waals surface area contributed by atoms with Gasteiger partial charge in [0.15, 0.2) is 6.10 Å². The van der Waals surface area contributed by atoms with Crippen molar-refractivity contribution in [3.8, 4) is 0 Å². The molecule has 2 aromatic rings. The van der Waals surface area contributed by atoms with Crippen molar-refractivity contribution in [2.45, 2.75) is 12.5 Å². The number of cyclic esters (lactones) is 1. The van der Waals surface area contributed by atoms with Gasteiger partial charge in [-0.05, 0) is 23.8 Å². The molecular formula is C16H12N2O5. The molecule has 1 N–H and O–H groups in total. The summed E-state index contributed by atoms with van der Waals surface area (Å²) in [5.74, 6) is -1.00. The molecule has 0 aromatic heterocycles. The summed E-state index contributed by atoms with van der Waals surface area (Å²) in [6, 6.07) is 12.4. The molecule has 3 rings (SSSR count). The van der Waals surface area contributed by atoms with E-state index in [1.54, 1.807) is 24.3 Å². The number of ether oxygens (including phenoxy) is 1. The van der Waals surface area contributed by atoms with Gasteiger partial charge in [0.2, 0.25) is 0 Å². The van der Waals surface area contributed by atoms with E-state index in [9.17, 15) is 19.7 Å². The quantitative estimate of drug-likeness (QED) is 0.532. The smallest absolute Gasteiger partial charge is 0.339 e. The minimum Gasteiger partial charge on any atom is -0.448 e. The van der Waals surface area contributed by atoms with Gasteiger partial charge in [-0.15, -0.1) is 0 Å². The molecule has 0 saturated heterocycles. The second-order valence-electron chi connectivity index (χ2n) is 5.05. The maximum absolute atomic E-state index is 12.2. The van der Waals surface area contributed by atoms with E-state index in [-0.39, 0.29) is 5.69 Å². The molecule has 0 aliphatic carbocycles. The maximum Gasteiger partial charge on any atom is 0.339 e. The number of anilines is 1. The third-order valence-corrected chi connectivity index (χ3v) is 3.53. The van der Waals surface area contributed by atoms with Crippen LogP contribution in [0.25, 0.3) is 0 Å². The number of rotatable bonds is 3. The van der Waals surface area contributed by atoms with Gasteiger partial charge in [-0.3, -0.25) is 14.9 Å². The van der Waals surface area contributed by atoms with Gasteiger partial charge in [-0.2, -0.15) is 0 Å². The Morgan fingerprint density at radius 3 is 2.57 bits per heavy atom. The fourth-order valence-electron chi connectivity index (χ4n) is 2.37. The number of amides is 1. The van der Waals surface area contributed by atoms with Gasteiger partial charge in [0.1, 0.15) is 0 Å². The molecule has 0 saturated carbocycles. The summed E-state index contributed by atoms with van der Waals surface area (Å²) in [7, 11) is 0. The van der Waals surface area contributed by atoms with Crippen LogP contribution in [-0.2, 0) is 16.0 Å². The SMILES string of the molecule is O=C1O[C@H](C(=O)Nc2ccc([N+](=O)[O-])cc2)Cc2ccccc21. The van der Waals surface area contributed by atoms with Crippen LogP contribution in [0.3, 0.4) is 0 Å². The van der Waals surface area contributed by atoms with Crippen molar-refractivity contribution in [1.82, 2.24) is 0 Å². The van der Waals surface area contributed by atoms with Crippen LogP contribution in [0, 0.1) is 10.1 Å². The molecule has 1 aliphatic heterocycles. The highest BCUT2D eigenvalue weighted by atomic mass is 16.6. The summed E-state index contributed by atoms with van der Waals surface area (Å²) in [5, 5.41) is 13.2. The number of carbonyl (C=O) groups is 2. The van der Waals surface area contributed by atoms with Gasteiger partial charge in [0.25, 0.3) is 11.6 Å². The van der Waals surface area contributed by atoms with E-state index >= 15 is 0 Å². The molecule has 1 amide bonds. The van der Waals surface area contributed by atoms with Gasteiger partial charge in [0.05, 0.1) is 10.5 Å². The topological polar surface area (TPSA) is 98.5 Å². The number of nitrogens with zero attached hydrogens (tertiary/aromatic N) is 1. The number of benzene rings is 2. The Morgan fingerprint density at radius 1 is 1.17 bits per heavy atom. The van der Waals surface area contributed by atoms with E-state index in [0.29, 0.717) is 17.7 Å². The van der Waals surface area contributed by atoms with Gasteiger partial charge < -0.3 is 10.1 Å². The first-order valence-corrected chi connectivity index (χ1v) is 6.89. The third-order valence-electron chi connectivity index (χ3n) is 3.53. The highest BCUT2D eigenvalue weighted by molar-refractivity contribution is 6.00. The van der Waals surface area contributed by atoms with Crippen LogP contribution in [-0.4, -0.2) is 22.9 Å². The number of esters is 1. The standard InChI is InChI=1S/C16H12N2O5/c19-15(17-11-5-7-12(8-6-11)18(21)22)14-9-10-3-1-2-4-13(10)16(20)23-14/h1-8,14H,9H2,(H,17,19)/t14-/m0/s1. The zero-order valence-electron chi connectivity index (χ0n) is 11.9. The summed E-state index contributed by atoms with van der Waals surface area (Å²) in [4.78, 5) is 34.2. The molecule has 0 unspecified atom stereocenters. The van der Waals surface area contributed by atoms with Gasteiger partial charge in [-0.1, -0.05) is 18.2 Å². The predicted octanol–water partition coefficient (Wildman–Crippen LogP) is 2.32. The maximum atomic E-state index is 12.2. The van der Waals surface area contributed by atoms with E-state index in [1.165, 1.54) is 24.3 Å². The molecule has 1 atom stereocenters. The first-order valence-electron chi connectivity index (χ1n) is 6.89. The molecule has 1 heterocycles. The Balaban J connectivity index is 1.72. The van der Waals surface area contributed by atoms with E-state index < -0.39 is 22.9 Å². The number of hydrogen-bond donors (Lipinski definition) is 1. The van der Waals surface area contributed by atoms with Crippen LogP contribution in [0.15, 0.2) is 48.5 Å². The molecular weight excluding hydrogens is 300 g/mol. The van der Waals surface area contributed by atoms with Crippen molar-refractivity contribution in [1.29, 1.82) is 0 Å². The molecule has 0 bridgehead atoms. The van der Waals surface area contributed by atoms with E-state index in [4.69, 9.17) is 4.74 Å². The fourth-order valence-corrected chi connectivity index (χ4v) is 2.37. The van der Waals surface area contributed by atoms with Gasteiger partial charge in [0, 0.05) is 24.2 Å². The Kier molecular flexibility index (Phi) is 3.76. The Labute approximate surface area is 131 Å². The van der Waals surface area contributed by atoms with Gasteiger partial charge in [-0.25, -0.2) is 4.79 Å². The molecule has 0 spiro atoms. The van der Waals surface area contributed by atoms with Crippen LogP contribution in [0.1, 0.15) is 15.9 Å².